The van der Waals surface area contributed by atoms with Crippen LogP contribution in [-0.4, -0.2) is 72.0 Å². The molecule has 0 radical (unpaired) electrons. The van der Waals surface area contributed by atoms with Crippen LogP contribution in [0, 0.1) is 29.9 Å². The zero-order valence-electron chi connectivity index (χ0n) is 48.7. The molecule has 0 N–H and O–H groups in total. The summed E-state index contributed by atoms with van der Waals surface area (Å²) >= 11 is 0. The van der Waals surface area contributed by atoms with Gasteiger partial charge in [-0.3, -0.25) is 19.4 Å². The molecule has 0 saturated heterocycles. The Kier molecular flexibility index (Phi) is 17.8. The number of pyridine rings is 2. The van der Waals surface area contributed by atoms with Crippen LogP contribution >= 0.6 is 0 Å². The maximum absolute atomic E-state index is 10.6. The zero-order valence-corrected chi connectivity index (χ0v) is 48.7. The number of para-hydroxylation sites is 4. The van der Waals surface area contributed by atoms with Crippen LogP contribution in [-0.2, 0) is 9.63 Å². The number of hydroxylamine groups is 2. The van der Waals surface area contributed by atoms with Gasteiger partial charge in [-0.1, -0.05) is 118 Å². The molecule has 14 rings (SSSR count). The Hall–Kier alpha value is -7.36. The van der Waals surface area contributed by atoms with Crippen molar-refractivity contribution in [2.24, 2.45) is 23.7 Å². The van der Waals surface area contributed by atoms with Gasteiger partial charge in [0.2, 0.25) is 5.91 Å². The van der Waals surface area contributed by atoms with E-state index in [4.69, 9.17) is 29.4 Å². The molecule has 410 valence electrons. The summed E-state index contributed by atoms with van der Waals surface area (Å²) in [5, 5.41) is 5.77. The maximum atomic E-state index is 10.6. The van der Waals surface area contributed by atoms with Crippen LogP contribution < -0.4 is 28.3 Å². The average Bonchev–Trinajstić information content (AvgIpc) is 2.07. The number of hydrogen-bond acceptors (Lipinski definition) is 11. The number of ether oxygens (including phenoxy) is 2. The topological polar surface area (TPSA) is 142 Å². The van der Waals surface area contributed by atoms with Crippen LogP contribution in [0.1, 0.15) is 127 Å². The second kappa shape index (κ2) is 24.8. The SMILES string of the molecule is CC(=O)c1ccccn1.CON(C)C(C)=O.C[C@H]1CC[C@H]2[C@H](C1)c1c(c3ccccc3c3nc4ccccc4nc13)OC2(C)C.C[C@H]1CC[C@H]2[C@H](C1)c1c(c3ccccc3c3nc4ccccc4nc13)OC2(C)C.[Li+].[c-]1ccccn1. The van der Waals surface area contributed by atoms with E-state index >= 15 is 0 Å². The van der Waals surface area contributed by atoms with E-state index in [0.29, 0.717) is 29.4 Å². The molecule has 2 fully saturated rings. The number of hydrogen-bond donors (Lipinski definition) is 0. The Morgan fingerprint density at radius 1 is 0.556 bits per heavy atom. The Morgan fingerprint density at radius 3 is 1.28 bits per heavy atom. The summed E-state index contributed by atoms with van der Waals surface area (Å²) in [6.45, 7) is 16.8. The normalized spacial score (nSPS) is 20.6. The van der Waals surface area contributed by atoms with Crippen molar-refractivity contribution < 1.29 is 42.8 Å². The standard InChI is InChI=1S/2C26H26N2O.C7H7NO.C5H4N.C4H9NO2.Li/c2*1-15-12-13-19-18(14-15)22-24-23(27-20-10-6-7-11-21(20)28-24)16-8-4-5-9-17(16)25(22)29-26(19,2)3;1-6(9)7-4-2-3-5-8-7;1-2-4-6-5-3-1;1-4(6)5(2)7-3;/h2*4-11,15,18-19H,12-14H2,1-3H3;2-5H,1H3;1-4H;1-3H3;/q;;;-1;;+1/t2*15-,18-,19-;;;;/m00..../s1. The van der Waals surface area contributed by atoms with Crippen molar-refractivity contribution in [2.75, 3.05) is 14.2 Å². The number of carbonyl (C=O) groups excluding carboxylic acids is 2. The first-order valence-electron chi connectivity index (χ1n) is 28.1. The minimum Gasteiger partial charge on any atom is -0.487 e. The van der Waals surface area contributed by atoms with E-state index in [1.807, 2.05) is 36.4 Å². The smallest absolute Gasteiger partial charge is 0.487 e. The summed E-state index contributed by atoms with van der Waals surface area (Å²) in [6.07, 6.45) is 13.3. The van der Waals surface area contributed by atoms with Gasteiger partial charge in [-0.15, -0.1) is 0 Å². The van der Waals surface area contributed by atoms with Crippen molar-refractivity contribution in [1.82, 2.24) is 35.0 Å². The number of nitrogens with zero attached hydrogens (tertiary/aromatic N) is 7. The van der Waals surface area contributed by atoms with Crippen LogP contribution in [0.4, 0.5) is 0 Å². The van der Waals surface area contributed by atoms with Gasteiger partial charge in [0.1, 0.15) is 28.4 Å². The van der Waals surface area contributed by atoms with E-state index in [0.717, 1.165) is 83.3 Å². The fourth-order valence-electron chi connectivity index (χ4n) is 12.7. The molecule has 13 heteroatoms. The average molecular weight is 1070 g/mol. The fourth-order valence-corrected chi connectivity index (χ4v) is 12.7. The number of benzene rings is 6. The molecule has 2 saturated carbocycles. The first-order chi connectivity index (χ1) is 38.5. The predicted octanol–water partition coefficient (Wildman–Crippen LogP) is 12.5. The zero-order chi connectivity index (χ0) is 56.3. The number of amides is 1. The number of aromatic nitrogens is 6. The van der Waals surface area contributed by atoms with E-state index < -0.39 is 0 Å². The molecule has 81 heavy (non-hydrogen) atoms. The van der Waals surface area contributed by atoms with Crippen LogP contribution in [0.5, 0.6) is 11.5 Å². The molecular weight excluding hydrogens is 1000 g/mol. The van der Waals surface area contributed by atoms with Gasteiger partial charge in [0, 0.05) is 71.6 Å². The van der Waals surface area contributed by atoms with Gasteiger partial charge < -0.3 is 14.5 Å². The summed E-state index contributed by atoms with van der Waals surface area (Å²) in [6, 6.07) is 44.3. The monoisotopic (exact) mass is 1070 g/mol. The van der Waals surface area contributed by atoms with Crippen molar-refractivity contribution in [3.05, 3.63) is 169 Å². The van der Waals surface area contributed by atoms with Crippen molar-refractivity contribution in [3.63, 3.8) is 0 Å². The van der Waals surface area contributed by atoms with Crippen LogP contribution in [0.15, 0.2) is 146 Å². The summed E-state index contributed by atoms with van der Waals surface area (Å²) < 4.78 is 13.6. The minimum absolute atomic E-state index is 0. The van der Waals surface area contributed by atoms with E-state index in [2.05, 4.69) is 135 Å². The number of carbonyl (C=O) groups is 2. The molecule has 6 heterocycles. The Morgan fingerprint density at radius 2 is 0.963 bits per heavy atom. The third kappa shape index (κ3) is 12.2. The number of fused-ring (bicyclic) bond motifs is 18. The molecule has 1 amide bonds. The van der Waals surface area contributed by atoms with Crippen LogP contribution in [0.25, 0.3) is 65.7 Å². The first-order valence-corrected chi connectivity index (χ1v) is 28.1. The molecule has 0 spiro atoms. The molecule has 4 aromatic heterocycles. The van der Waals surface area contributed by atoms with Gasteiger partial charge >= 0.3 is 18.9 Å². The van der Waals surface area contributed by atoms with E-state index in [1.165, 1.54) is 81.4 Å². The largest absolute Gasteiger partial charge is 1.00 e. The molecule has 0 bridgehead atoms. The fraction of sp³-hybridized carbons (Fsp3) is 0.353. The first kappa shape index (κ1) is 58.3. The van der Waals surface area contributed by atoms with Gasteiger partial charge in [-0.25, -0.2) is 25.0 Å². The molecule has 2 aliphatic carbocycles. The van der Waals surface area contributed by atoms with Crippen molar-refractivity contribution >= 4 is 77.4 Å². The Labute approximate surface area is 487 Å². The van der Waals surface area contributed by atoms with Gasteiger partial charge in [-0.05, 0) is 113 Å². The molecule has 6 atom stereocenters. The quantitative estimate of drug-likeness (QED) is 0.0408. The maximum Gasteiger partial charge on any atom is 1.00 e. The van der Waals surface area contributed by atoms with Crippen molar-refractivity contribution in [1.29, 1.82) is 0 Å². The molecule has 10 aromatic rings. The second-order valence-corrected chi connectivity index (χ2v) is 23.0. The van der Waals surface area contributed by atoms with Crippen LogP contribution in [0.2, 0.25) is 0 Å². The second-order valence-electron chi connectivity index (χ2n) is 23.0. The predicted molar refractivity (Wildman–Crippen MR) is 320 cm³/mol. The van der Waals surface area contributed by atoms with E-state index in [9.17, 15) is 9.59 Å². The molecular formula is C68H72LiN7O5. The van der Waals surface area contributed by atoms with E-state index in [1.54, 1.807) is 43.7 Å². The van der Waals surface area contributed by atoms with Crippen LogP contribution in [0.3, 0.4) is 0 Å². The number of Topliss-reactive ketones (excluding diaryl/α,β-unsaturated/α-hetero) is 1. The van der Waals surface area contributed by atoms with Gasteiger partial charge in [0.05, 0.1) is 51.2 Å². The molecule has 6 aromatic carbocycles. The third-order valence-corrected chi connectivity index (χ3v) is 16.7. The van der Waals surface area contributed by atoms with Gasteiger partial charge in [0.25, 0.3) is 0 Å². The molecule has 4 aliphatic rings. The molecule has 12 nitrogen and oxygen atoms in total. The Balaban J connectivity index is 0.000000142. The Bertz CT molecular complexity index is 3630. The van der Waals surface area contributed by atoms with Gasteiger partial charge in [0.15, 0.2) is 5.78 Å². The molecule has 0 unspecified atom stereocenters. The van der Waals surface area contributed by atoms with Crippen molar-refractivity contribution in [3.8, 4) is 11.5 Å². The summed E-state index contributed by atoms with van der Waals surface area (Å²) in [5.74, 6) is 5.43. The van der Waals surface area contributed by atoms with Crippen molar-refractivity contribution in [2.45, 2.75) is 117 Å². The van der Waals surface area contributed by atoms with Gasteiger partial charge in [-0.2, -0.15) is 18.2 Å². The summed E-state index contributed by atoms with van der Waals surface area (Å²) in [7, 11) is 3.00. The third-order valence-electron chi connectivity index (χ3n) is 16.7. The summed E-state index contributed by atoms with van der Waals surface area (Å²) in [4.78, 5) is 53.2. The van der Waals surface area contributed by atoms with E-state index in [-0.39, 0.29) is 41.8 Å². The minimum atomic E-state index is -0.168. The molecule has 2 aliphatic heterocycles. The number of ketones is 1. The summed E-state index contributed by atoms with van der Waals surface area (Å²) in [5.41, 5.74) is 10.7. The number of rotatable bonds is 2.